The molecule has 0 aliphatic carbocycles. The van der Waals surface area contributed by atoms with Crippen molar-refractivity contribution in [3.63, 3.8) is 0 Å². The van der Waals surface area contributed by atoms with Crippen molar-refractivity contribution in [2.75, 3.05) is 11.9 Å². The minimum atomic E-state index is -0.459. The van der Waals surface area contributed by atoms with E-state index < -0.39 is 5.95 Å². The second-order valence-electron chi connectivity index (χ2n) is 7.90. The topological polar surface area (TPSA) is 66.5 Å². The quantitative estimate of drug-likeness (QED) is 0.319. The lowest BCUT2D eigenvalue weighted by Crippen LogP contribution is -2.07. The highest BCUT2D eigenvalue weighted by molar-refractivity contribution is 7.22. The van der Waals surface area contributed by atoms with Crippen molar-refractivity contribution < 1.29 is 8.78 Å². The lowest BCUT2D eigenvalue weighted by molar-refractivity contribution is 0.575. The summed E-state index contributed by atoms with van der Waals surface area (Å²) in [6, 6.07) is 7.07. The normalized spacial score (nSPS) is 11.5. The van der Waals surface area contributed by atoms with Crippen LogP contribution < -0.4 is 5.32 Å². The molecule has 0 spiro atoms. The number of thiophene rings is 1. The molecular weight excluding hydrogens is 428 g/mol. The molecule has 4 heterocycles. The van der Waals surface area contributed by atoms with Crippen molar-refractivity contribution in [3.8, 4) is 10.4 Å². The third-order valence-electron chi connectivity index (χ3n) is 5.71. The van der Waals surface area contributed by atoms with Gasteiger partial charge in [0.25, 0.3) is 0 Å². The lowest BCUT2D eigenvalue weighted by Gasteiger charge is -2.07. The van der Waals surface area contributed by atoms with Gasteiger partial charge < -0.3 is 10.3 Å². The maximum atomic E-state index is 14.2. The molecule has 1 aromatic carbocycles. The van der Waals surface area contributed by atoms with E-state index in [1.165, 1.54) is 18.6 Å². The van der Waals surface area contributed by atoms with Crippen LogP contribution in [0.25, 0.3) is 31.6 Å². The molecule has 0 radical (unpaired) electrons. The highest BCUT2D eigenvalue weighted by atomic mass is 32.1. The van der Waals surface area contributed by atoms with Gasteiger partial charge in [0.2, 0.25) is 5.95 Å². The van der Waals surface area contributed by atoms with Crippen LogP contribution in [0.3, 0.4) is 0 Å². The summed E-state index contributed by atoms with van der Waals surface area (Å²) in [6.07, 6.45) is 3.79. The molecule has 0 saturated carbocycles. The molecule has 0 aliphatic heterocycles. The van der Waals surface area contributed by atoms with Gasteiger partial charge in [-0.1, -0.05) is 6.07 Å². The first-order chi connectivity index (χ1) is 15.4. The Labute approximate surface area is 187 Å². The Morgan fingerprint density at radius 2 is 1.88 bits per heavy atom. The van der Waals surface area contributed by atoms with Crippen molar-refractivity contribution in [2.45, 2.75) is 27.2 Å². The summed E-state index contributed by atoms with van der Waals surface area (Å²) >= 11 is 1.54. The van der Waals surface area contributed by atoms with E-state index in [0.29, 0.717) is 17.6 Å². The minimum absolute atomic E-state index is 0.234. The van der Waals surface area contributed by atoms with E-state index in [2.05, 4.69) is 25.3 Å². The first kappa shape index (κ1) is 20.5. The zero-order valence-corrected chi connectivity index (χ0v) is 18.7. The van der Waals surface area contributed by atoms with Gasteiger partial charge in [-0.25, -0.2) is 19.3 Å². The summed E-state index contributed by atoms with van der Waals surface area (Å²) in [7, 11) is 0. The van der Waals surface area contributed by atoms with Gasteiger partial charge in [0, 0.05) is 39.8 Å². The Morgan fingerprint density at radius 3 is 2.69 bits per heavy atom. The number of rotatable bonds is 5. The Hall–Kier alpha value is -3.39. The van der Waals surface area contributed by atoms with Gasteiger partial charge in [-0.15, -0.1) is 11.3 Å². The molecule has 8 heteroatoms. The Bertz CT molecular complexity index is 1470. The monoisotopic (exact) mass is 449 g/mol. The van der Waals surface area contributed by atoms with Gasteiger partial charge in [-0.3, -0.25) is 0 Å². The lowest BCUT2D eigenvalue weighted by atomic mass is 10.0. The van der Waals surface area contributed by atoms with Crippen LogP contribution in [-0.2, 0) is 6.42 Å². The number of pyridine rings is 1. The first-order valence-electron chi connectivity index (χ1n) is 10.3. The molecule has 5 aromatic rings. The SMILES string of the molecule is Cc1cc(-c2cc3ncnc(NCCc4c(C)[nH]c5c(F)ccc(C)c45)c3s2)cnc1F. The third kappa shape index (κ3) is 3.50. The van der Waals surface area contributed by atoms with Gasteiger partial charge in [-0.2, -0.15) is 4.39 Å². The van der Waals surface area contributed by atoms with Crippen LogP contribution in [0.4, 0.5) is 14.6 Å². The number of fused-ring (bicyclic) bond motifs is 2. The number of benzene rings is 1. The van der Waals surface area contributed by atoms with Gasteiger partial charge in [0.05, 0.1) is 15.7 Å². The van der Waals surface area contributed by atoms with Crippen LogP contribution in [0.1, 0.15) is 22.4 Å². The summed E-state index contributed by atoms with van der Waals surface area (Å²) in [6.45, 7) is 6.31. The molecule has 0 bridgehead atoms. The van der Waals surface area contributed by atoms with E-state index in [-0.39, 0.29) is 5.82 Å². The Kier molecular flexibility index (Phi) is 5.09. The molecule has 0 saturated heterocycles. The van der Waals surface area contributed by atoms with Crippen LogP contribution in [-0.4, -0.2) is 26.5 Å². The second-order valence-corrected chi connectivity index (χ2v) is 8.95. The summed E-state index contributed by atoms with van der Waals surface area (Å²) in [5.41, 5.74) is 5.87. The van der Waals surface area contributed by atoms with Crippen molar-refractivity contribution in [1.29, 1.82) is 0 Å². The van der Waals surface area contributed by atoms with Crippen molar-refractivity contribution in [1.82, 2.24) is 19.9 Å². The predicted octanol–water partition coefficient (Wildman–Crippen LogP) is 6.09. The molecule has 4 aromatic heterocycles. The van der Waals surface area contributed by atoms with E-state index in [4.69, 9.17) is 0 Å². The standard InChI is InChI=1S/C24H21F2N5S/c1-12-4-5-17(25)21-20(12)16(14(3)31-21)6-7-27-24-22-18(29-11-30-24)9-19(32-22)15-8-13(2)23(26)28-10-15/h4-5,8-11,31H,6-7H2,1-3H3,(H,27,29,30). The Morgan fingerprint density at radius 1 is 1.03 bits per heavy atom. The van der Waals surface area contributed by atoms with Gasteiger partial charge in [0.15, 0.2) is 0 Å². The van der Waals surface area contributed by atoms with E-state index in [0.717, 1.165) is 55.1 Å². The molecule has 5 nitrogen and oxygen atoms in total. The van der Waals surface area contributed by atoms with Crippen molar-refractivity contribution >= 4 is 38.3 Å². The molecule has 2 N–H and O–H groups in total. The number of halogens is 2. The van der Waals surface area contributed by atoms with E-state index in [1.807, 2.05) is 26.0 Å². The van der Waals surface area contributed by atoms with Crippen molar-refractivity contribution in [2.24, 2.45) is 0 Å². The predicted molar refractivity (Wildman–Crippen MR) is 125 cm³/mol. The molecule has 0 unspecified atom stereocenters. The van der Waals surface area contributed by atoms with Crippen LogP contribution in [0.2, 0.25) is 0 Å². The smallest absolute Gasteiger partial charge is 0.215 e. The fourth-order valence-corrected chi connectivity index (χ4v) is 5.13. The highest BCUT2D eigenvalue weighted by Crippen LogP contribution is 2.36. The van der Waals surface area contributed by atoms with Crippen LogP contribution in [0, 0.1) is 32.5 Å². The number of nitrogens with one attached hydrogen (secondary N) is 2. The average Bonchev–Trinajstić information content (AvgIpc) is 3.35. The van der Waals surface area contributed by atoms with Crippen LogP contribution in [0.5, 0.6) is 0 Å². The summed E-state index contributed by atoms with van der Waals surface area (Å²) in [5, 5.41) is 4.37. The largest absolute Gasteiger partial charge is 0.368 e. The first-order valence-corrected chi connectivity index (χ1v) is 11.1. The summed E-state index contributed by atoms with van der Waals surface area (Å²) in [4.78, 5) is 16.8. The van der Waals surface area contributed by atoms with Crippen molar-refractivity contribution in [3.05, 3.63) is 70.9 Å². The van der Waals surface area contributed by atoms with Gasteiger partial charge in [0.1, 0.15) is 18.0 Å². The molecule has 0 aliphatic rings. The molecule has 0 fully saturated rings. The van der Waals surface area contributed by atoms with Crippen LogP contribution in [0.15, 0.2) is 36.8 Å². The fraction of sp³-hybridized carbons (Fsp3) is 0.208. The number of aromatic amines is 1. The zero-order chi connectivity index (χ0) is 22.4. The summed E-state index contributed by atoms with van der Waals surface area (Å²) in [5.74, 6) is 0.0557. The number of hydrogen-bond acceptors (Lipinski definition) is 5. The number of H-pyrrole nitrogens is 1. The molecule has 0 atom stereocenters. The molecular formula is C24H21F2N5S. The van der Waals surface area contributed by atoms with Gasteiger partial charge >= 0.3 is 0 Å². The number of aryl methyl sites for hydroxylation is 3. The minimum Gasteiger partial charge on any atom is -0.368 e. The second kappa shape index (κ2) is 7.94. The molecule has 0 amide bonds. The van der Waals surface area contributed by atoms with E-state index >= 15 is 0 Å². The van der Waals surface area contributed by atoms with Gasteiger partial charge in [-0.05, 0) is 56.5 Å². The molecule has 5 rings (SSSR count). The highest BCUT2D eigenvalue weighted by Gasteiger charge is 2.15. The maximum absolute atomic E-state index is 14.2. The van der Waals surface area contributed by atoms with Crippen LogP contribution >= 0.6 is 11.3 Å². The summed E-state index contributed by atoms with van der Waals surface area (Å²) < 4.78 is 28.7. The fourth-order valence-electron chi connectivity index (χ4n) is 4.08. The number of hydrogen-bond donors (Lipinski definition) is 2. The number of aromatic nitrogens is 4. The van der Waals surface area contributed by atoms with E-state index in [9.17, 15) is 8.78 Å². The maximum Gasteiger partial charge on any atom is 0.215 e. The Balaban J connectivity index is 1.41. The number of anilines is 1. The molecule has 162 valence electrons. The zero-order valence-electron chi connectivity index (χ0n) is 17.9. The third-order valence-corrected chi connectivity index (χ3v) is 6.89. The number of nitrogens with zero attached hydrogens (tertiary/aromatic N) is 3. The molecule has 32 heavy (non-hydrogen) atoms. The average molecular weight is 450 g/mol. The van der Waals surface area contributed by atoms with E-state index in [1.54, 1.807) is 24.3 Å².